The van der Waals surface area contributed by atoms with Crippen LogP contribution in [0.3, 0.4) is 0 Å². The molecule has 0 aliphatic carbocycles. The summed E-state index contributed by atoms with van der Waals surface area (Å²) in [5.41, 5.74) is 1.21. The highest BCUT2D eigenvalue weighted by molar-refractivity contribution is 6.30. The number of aromatic nitrogens is 1. The van der Waals surface area contributed by atoms with Gasteiger partial charge in [0.1, 0.15) is 11.9 Å². The number of pyridine rings is 1. The van der Waals surface area contributed by atoms with Crippen molar-refractivity contribution in [1.82, 2.24) is 4.98 Å². The molecule has 0 aliphatic heterocycles. The van der Waals surface area contributed by atoms with Gasteiger partial charge in [-0.15, -0.1) is 0 Å². The number of anilines is 1. The predicted octanol–water partition coefficient (Wildman–Crippen LogP) is 2.75. The van der Waals surface area contributed by atoms with Crippen molar-refractivity contribution in [2.45, 2.75) is 6.10 Å². The monoisotopic (exact) mass is 273 g/mol. The molecule has 0 radical (unpaired) electrons. The van der Waals surface area contributed by atoms with E-state index in [2.05, 4.69) is 10.3 Å². The molecule has 19 heavy (non-hydrogen) atoms. The standard InChI is InChI=1S/C14H12ClN3O/c15-12-5-3-10(4-6-12)13(19)9-18-14-11(8-16)2-1-7-17-14/h1-7,13,19H,9H2,(H,17,18)/t13-/m1/s1. The second-order valence-electron chi connectivity index (χ2n) is 3.96. The van der Waals surface area contributed by atoms with Crippen molar-refractivity contribution in [2.24, 2.45) is 0 Å². The largest absolute Gasteiger partial charge is 0.387 e. The summed E-state index contributed by atoms with van der Waals surface area (Å²) in [4.78, 5) is 4.06. The van der Waals surface area contributed by atoms with Gasteiger partial charge in [0.15, 0.2) is 0 Å². The number of nitrogens with one attached hydrogen (secondary N) is 1. The van der Waals surface area contributed by atoms with Gasteiger partial charge in [-0.25, -0.2) is 4.98 Å². The van der Waals surface area contributed by atoms with Crippen molar-refractivity contribution < 1.29 is 5.11 Å². The van der Waals surface area contributed by atoms with E-state index in [0.717, 1.165) is 5.56 Å². The number of hydrogen-bond donors (Lipinski definition) is 2. The van der Waals surface area contributed by atoms with E-state index >= 15 is 0 Å². The van der Waals surface area contributed by atoms with E-state index in [0.29, 0.717) is 16.4 Å². The molecule has 0 amide bonds. The van der Waals surface area contributed by atoms with Crippen molar-refractivity contribution in [1.29, 1.82) is 5.26 Å². The number of halogens is 1. The molecule has 5 heteroatoms. The number of aliphatic hydroxyl groups excluding tert-OH is 1. The van der Waals surface area contributed by atoms with Gasteiger partial charge < -0.3 is 10.4 Å². The predicted molar refractivity (Wildman–Crippen MR) is 73.9 cm³/mol. The van der Waals surface area contributed by atoms with E-state index in [1.54, 1.807) is 42.6 Å². The zero-order valence-corrected chi connectivity index (χ0v) is 10.8. The number of hydrogen-bond acceptors (Lipinski definition) is 4. The van der Waals surface area contributed by atoms with Crippen molar-refractivity contribution in [3.05, 3.63) is 58.7 Å². The van der Waals surface area contributed by atoms with Crippen molar-refractivity contribution in [3.63, 3.8) is 0 Å². The van der Waals surface area contributed by atoms with Gasteiger partial charge in [0, 0.05) is 17.8 Å². The van der Waals surface area contributed by atoms with Crippen LogP contribution < -0.4 is 5.32 Å². The first-order chi connectivity index (χ1) is 9.20. The Kier molecular flexibility index (Phi) is 4.35. The molecule has 0 fully saturated rings. The minimum atomic E-state index is -0.689. The van der Waals surface area contributed by atoms with E-state index in [4.69, 9.17) is 16.9 Å². The molecule has 0 saturated heterocycles. The third-order valence-corrected chi connectivity index (χ3v) is 2.90. The quantitative estimate of drug-likeness (QED) is 0.899. The Labute approximate surface area is 116 Å². The van der Waals surface area contributed by atoms with Crippen LogP contribution in [0.1, 0.15) is 17.2 Å². The maximum absolute atomic E-state index is 10.0. The summed E-state index contributed by atoms with van der Waals surface area (Å²) >= 11 is 5.79. The SMILES string of the molecule is N#Cc1cccnc1NC[C@@H](O)c1ccc(Cl)cc1. The van der Waals surface area contributed by atoms with Crippen molar-refractivity contribution >= 4 is 17.4 Å². The lowest BCUT2D eigenvalue weighted by molar-refractivity contribution is 0.191. The molecule has 2 N–H and O–H groups in total. The van der Waals surface area contributed by atoms with Crippen LogP contribution in [-0.4, -0.2) is 16.6 Å². The smallest absolute Gasteiger partial charge is 0.143 e. The van der Waals surface area contributed by atoms with E-state index in [1.807, 2.05) is 6.07 Å². The highest BCUT2D eigenvalue weighted by Crippen LogP contribution is 2.17. The Morgan fingerprint density at radius 1 is 1.32 bits per heavy atom. The third-order valence-electron chi connectivity index (χ3n) is 2.65. The number of benzene rings is 1. The minimum Gasteiger partial charge on any atom is -0.387 e. The summed E-state index contributed by atoms with van der Waals surface area (Å²) in [5, 5.41) is 22.5. The van der Waals surface area contributed by atoms with Crippen LogP contribution in [0.5, 0.6) is 0 Å². The first kappa shape index (κ1) is 13.3. The Hall–Kier alpha value is -2.09. The lowest BCUT2D eigenvalue weighted by atomic mass is 10.1. The second kappa shape index (κ2) is 6.19. The molecular weight excluding hydrogens is 262 g/mol. The summed E-state index contributed by atoms with van der Waals surface area (Å²) in [6.07, 6.45) is 0.906. The van der Waals surface area contributed by atoms with Crippen LogP contribution in [0.25, 0.3) is 0 Å². The highest BCUT2D eigenvalue weighted by atomic mass is 35.5. The van der Waals surface area contributed by atoms with Crippen molar-refractivity contribution in [2.75, 3.05) is 11.9 Å². The molecule has 96 valence electrons. The van der Waals surface area contributed by atoms with Crippen LogP contribution in [0.15, 0.2) is 42.6 Å². The van der Waals surface area contributed by atoms with Crippen molar-refractivity contribution in [3.8, 4) is 6.07 Å². The fourth-order valence-corrected chi connectivity index (χ4v) is 1.76. The fourth-order valence-electron chi connectivity index (χ4n) is 1.63. The molecule has 0 unspecified atom stereocenters. The van der Waals surface area contributed by atoms with Gasteiger partial charge in [-0.05, 0) is 29.8 Å². The molecule has 0 bridgehead atoms. The molecule has 0 saturated carbocycles. The fraction of sp³-hybridized carbons (Fsp3) is 0.143. The lowest BCUT2D eigenvalue weighted by Crippen LogP contribution is -2.13. The van der Waals surface area contributed by atoms with Crippen LogP contribution in [0, 0.1) is 11.3 Å². The molecule has 1 atom stereocenters. The normalized spacial score (nSPS) is 11.6. The molecule has 1 aromatic heterocycles. The molecule has 0 spiro atoms. The number of nitrogens with zero attached hydrogens (tertiary/aromatic N) is 2. The zero-order chi connectivity index (χ0) is 13.7. The van der Waals surface area contributed by atoms with E-state index in [1.165, 1.54) is 0 Å². The van der Waals surface area contributed by atoms with Gasteiger partial charge in [-0.1, -0.05) is 23.7 Å². The molecule has 1 heterocycles. The maximum Gasteiger partial charge on any atom is 0.143 e. The van der Waals surface area contributed by atoms with Gasteiger partial charge in [0.2, 0.25) is 0 Å². The van der Waals surface area contributed by atoms with Crippen LogP contribution in [0.4, 0.5) is 5.82 Å². The van der Waals surface area contributed by atoms with Gasteiger partial charge >= 0.3 is 0 Å². The number of rotatable bonds is 4. The summed E-state index contributed by atoms with van der Waals surface area (Å²) in [6.45, 7) is 0.271. The average molecular weight is 274 g/mol. The summed E-state index contributed by atoms with van der Waals surface area (Å²) < 4.78 is 0. The van der Waals surface area contributed by atoms with Crippen LogP contribution in [0.2, 0.25) is 5.02 Å². The minimum absolute atomic E-state index is 0.271. The average Bonchev–Trinajstić information content (AvgIpc) is 2.45. The summed E-state index contributed by atoms with van der Waals surface area (Å²) in [6, 6.07) is 12.4. The third kappa shape index (κ3) is 3.44. The summed E-state index contributed by atoms with van der Waals surface area (Å²) in [7, 11) is 0. The first-order valence-corrected chi connectivity index (χ1v) is 6.11. The Bertz CT molecular complexity index is 592. The van der Waals surface area contributed by atoms with Crippen LogP contribution in [-0.2, 0) is 0 Å². The lowest BCUT2D eigenvalue weighted by Gasteiger charge is -2.13. The number of aliphatic hydroxyl groups is 1. The van der Waals surface area contributed by atoms with Gasteiger partial charge in [-0.3, -0.25) is 0 Å². The molecule has 0 aliphatic rings. The topological polar surface area (TPSA) is 68.9 Å². The first-order valence-electron chi connectivity index (χ1n) is 5.73. The molecular formula is C14H12ClN3O. The molecule has 1 aromatic carbocycles. The van der Waals surface area contributed by atoms with Gasteiger partial charge in [0.25, 0.3) is 0 Å². The molecule has 4 nitrogen and oxygen atoms in total. The molecule has 2 rings (SSSR count). The number of nitriles is 1. The maximum atomic E-state index is 10.0. The molecule has 2 aromatic rings. The van der Waals surface area contributed by atoms with E-state index < -0.39 is 6.10 Å². The Morgan fingerprint density at radius 3 is 2.74 bits per heavy atom. The summed E-state index contributed by atoms with van der Waals surface area (Å²) in [5.74, 6) is 0.470. The highest BCUT2D eigenvalue weighted by Gasteiger charge is 2.09. The second-order valence-corrected chi connectivity index (χ2v) is 4.40. The Morgan fingerprint density at radius 2 is 2.05 bits per heavy atom. The van der Waals surface area contributed by atoms with Gasteiger partial charge in [0.05, 0.1) is 11.7 Å². The zero-order valence-electron chi connectivity index (χ0n) is 10.0. The van der Waals surface area contributed by atoms with E-state index in [9.17, 15) is 5.11 Å². The van der Waals surface area contributed by atoms with E-state index in [-0.39, 0.29) is 6.54 Å². The Balaban J connectivity index is 2.02. The van der Waals surface area contributed by atoms with Crippen LogP contribution >= 0.6 is 11.6 Å². The van der Waals surface area contributed by atoms with Gasteiger partial charge in [-0.2, -0.15) is 5.26 Å².